The lowest BCUT2D eigenvalue weighted by atomic mass is 10.2. The van der Waals surface area contributed by atoms with E-state index in [1.807, 2.05) is 0 Å². The van der Waals surface area contributed by atoms with Crippen molar-refractivity contribution in [3.63, 3.8) is 0 Å². The van der Waals surface area contributed by atoms with Crippen molar-refractivity contribution in [1.29, 1.82) is 0 Å². The van der Waals surface area contributed by atoms with Crippen LogP contribution in [0.25, 0.3) is 0 Å². The largest absolute Gasteiger partial charge is 0.463 e. The van der Waals surface area contributed by atoms with Crippen molar-refractivity contribution in [3.8, 4) is 17.2 Å². The second-order valence-corrected chi connectivity index (χ2v) is 32.6. The zero-order valence-corrected chi connectivity index (χ0v) is 63.2. The topological polar surface area (TPSA) is 309 Å². The Bertz CT molecular complexity index is 3850. The molecular formula is C66H84F3N6O20P3S4. The van der Waals surface area contributed by atoms with Gasteiger partial charge in [-0.15, -0.1) is 0 Å². The average molecular weight is 1560 g/mol. The summed E-state index contributed by atoms with van der Waals surface area (Å²) in [4.78, 5) is 68.0. The first-order valence-electron chi connectivity index (χ1n) is 32.6. The molecule has 0 bridgehead atoms. The van der Waals surface area contributed by atoms with E-state index >= 15 is 0 Å². The van der Waals surface area contributed by atoms with Gasteiger partial charge >= 0.3 is 46.4 Å². The Balaban J connectivity index is 0.000000214. The fourth-order valence-corrected chi connectivity index (χ4v) is 16.8. The van der Waals surface area contributed by atoms with Gasteiger partial charge in [0.15, 0.2) is 28.2 Å². The van der Waals surface area contributed by atoms with Crippen LogP contribution in [0, 0.1) is 36.6 Å². The molecule has 3 N–H and O–H groups in total. The standard InChI is InChI=1S/2C22H28FN2O7PS.C22H28FN2O6PS2/c1-14(2)30-21(26)15(3)13-33(28,32-16-7-5-4-6-8-16)29-12-17-11-18(23)20(31-17)25-10-9-19(34)24-22(25)27;1-14(2)30-21(27)15(3)13-33(28,32-16-7-5-4-6-8-16)29-12-17-11-18(23)20(31-17)25-10-9-19(26)24-22(25)34;1-14(2)29-21(26)15(3)13-32(27,31-16-7-5-4-6-8-16)28-12-17-11-18(23)20(30-17)25-10-9-19(33)24-22(25)34/h4-10,14-15,17-18,20H,11-13H2,1-3H3,(H,24,27,34);4-10,14-15,17-18,20H,11-13H2,1-3H3,(H,24,26,34);4-10,14-15,17-18,20H,11-13H2,1-3H3,(H,24,33,34)/t2*15-,17+,18?,20-,33?;15-,17+,18?,20-,32?/m111/s1. The van der Waals surface area contributed by atoms with E-state index < -0.39 is 125 Å². The van der Waals surface area contributed by atoms with Crippen LogP contribution < -0.4 is 24.8 Å². The number of carbonyl (C=O) groups excluding carboxylic acids is 3. The molecule has 102 heavy (non-hydrogen) atoms. The second-order valence-electron chi connectivity index (χ2n) is 24.9. The SMILES string of the molecule is CC(C)OC(=O)[C@H](C)CP(=O)(OC[C@@H]1CC(F)[C@H](n2ccc(=O)[nH]c2=S)O1)Oc1ccccc1.CC(C)OC(=O)[C@H](C)CP(=O)(OC[C@@H]1CC(F)[C@H](n2ccc(=S)[nH]c2=O)O1)Oc1ccccc1.CC(C)OC(=O)[C@H](C)CP(=O)(OC[C@@H]1CC(F)[C@H](n2ccc(=S)[nH]c2=S)O1)Oc1ccccc1. The van der Waals surface area contributed by atoms with Crippen LogP contribution in [0.1, 0.15) is 100 Å². The minimum absolute atomic E-state index is 0.0123. The number of hydrogen-bond acceptors (Lipinski definition) is 24. The van der Waals surface area contributed by atoms with Crippen LogP contribution >= 0.6 is 71.7 Å². The highest BCUT2D eigenvalue weighted by atomic mass is 32.1. The number of aromatic amines is 3. The Labute approximate surface area is 607 Å². The molecule has 3 saturated heterocycles. The summed E-state index contributed by atoms with van der Waals surface area (Å²) in [7, 11) is -11.5. The lowest BCUT2D eigenvalue weighted by molar-refractivity contribution is -0.152. The summed E-state index contributed by atoms with van der Waals surface area (Å²) in [6.07, 6.45) is -7.21. The fourth-order valence-electron chi connectivity index (χ4n) is 10.2. The predicted octanol–water partition coefficient (Wildman–Crippen LogP) is 14.6. The number of rotatable bonds is 30. The van der Waals surface area contributed by atoms with Gasteiger partial charge in [-0.1, -0.05) is 99.8 Å². The van der Waals surface area contributed by atoms with Gasteiger partial charge in [-0.25, -0.2) is 31.7 Å². The molecule has 0 saturated carbocycles. The number of H-pyrrole nitrogens is 3. The van der Waals surface area contributed by atoms with Crippen molar-refractivity contribution in [2.75, 3.05) is 38.3 Å². The molecule has 0 aliphatic carbocycles. The number of hydrogen-bond donors (Lipinski definition) is 3. The van der Waals surface area contributed by atoms with E-state index in [0.29, 0.717) is 21.9 Å². The number of aromatic nitrogens is 6. The lowest BCUT2D eigenvalue weighted by Crippen LogP contribution is -2.30. The molecule has 558 valence electrons. The summed E-state index contributed by atoms with van der Waals surface area (Å²) in [6.45, 7) is 14.4. The molecule has 36 heteroatoms. The number of ether oxygens (including phenoxy) is 6. The smallest absolute Gasteiger partial charge is 0.380 e. The molecular weight excluding hydrogens is 1470 g/mol. The van der Waals surface area contributed by atoms with Crippen molar-refractivity contribution in [2.45, 2.75) is 155 Å². The van der Waals surface area contributed by atoms with E-state index in [0.717, 1.165) is 4.57 Å². The molecule has 3 aliphatic rings. The first-order valence-corrected chi connectivity index (χ1v) is 39.4. The normalized spacial score (nSPS) is 22.8. The van der Waals surface area contributed by atoms with Crippen molar-refractivity contribution in [3.05, 3.63) is 167 Å². The molecule has 3 aromatic heterocycles. The summed E-state index contributed by atoms with van der Waals surface area (Å²) >= 11 is 20.2. The van der Waals surface area contributed by atoms with Crippen LogP contribution in [-0.4, -0.2) is 140 Å². The van der Waals surface area contributed by atoms with Gasteiger partial charge in [-0.2, -0.15) is 0 Å². The third-order valence-corrected chi connectivity index (χ3v) is 22.0. The molecule has 6 unspecified atom stereocenters. The van der Waals surface area contributed by atoms with E-state index in [9.17, 15) is 50.8 Å². The van der Waals surface area contributed by atoms with Crippen LogP contribution in [0.2, 0.25) is 0 Å². The van der Waals surface area contributed by atoms with Crippen LogP contribution in [0.5, 0.6) is 17.2 Å². The molecule has 3 aromatic carbocycles. The first kappa shape index (κ1) is 82.7. The van der Waals surface area contributed by atoms with Gasteiger partial charge in [-0.05, 0) is 115 Å². The maximum atomic E-state index is 14.8. The summed E-state index contributed by atoms with van der Waals surface area (Å²) in [5.41, 5.74) is -1.00. The highest BCUT2D eigenvalue weighted by Crippen LogP contribution is 2.53. The number of nitrogens with zero attached hydrogens (tertiary/aromatic N) is 3. The molecule has 9 rings (SSSR count). The van der Waals surface area contributed by atoms with Crippen LogP contribution in [0.15, 0.2) is 137 Å². The van der Waals surface area contributed by atoms with E-state index in [-0.39, 0.29) is 90.1 Å². The summed E-state index contributed by atoms with van der Waals surface area (Å²) in [5, 5.41) is 0. The van der Waals surface area contributed by atoms with Gasteiger partial charge in [0, 0.05) is 43.9 Å². The Kier molecular flexibility index (Phi) is 31.2. The molecule has 15 atom stereocenters. The van der Waals surface area contributed by atoms with Crippen LogP contribution in [0.4, 0.5) is 13.2 Å². The average Bonchev–Trinajstić information content (AvgIpc) is 1.67. The molecule has 3 fully saturated rings. The van der Waals surface area contributed by atoms with Crippen molar-refractivity contribution < 1.29 is 96.8 Å². The quantitative estimate of drug-likeness (QED) is 0.0163. The van der Waals surface area contributed by atoms with E-state index in [1.54, 1.807) is 166 Å². The van der Waals surface area contributed by atoms with E-state index in [2.05, 4.69) is 15.0 Å². The second kappa shape index (κ2) is 38.4. The van der Waals surface area contributed by atoms with Gasteiger partial charge < -0.3 is 47.0 Å². The lowest BCUT2D eigenvalue weighted by Gasteiger charge is -2.24. The summed E-state index contributed by atoms with van der Waals surface area (Å²) in [6, 6.07) is 29.6. The highest BCUT2D eigenvalue weighted by Gasteiger charge is 2.44. The van der Waals surface area contributed by atoms with Gasteiger partial charge in [0.25, 0.3) is 5.56 Å². The summed E-state index contributed by atoms with van der Waals surface area (Å²) in [5.74, 6) is -2.90. The molecule has 6 heterocycles. The number of esters is 3. The van der Waals surface area contributed by atoms with Crippen LogP contribution in [0.3, 0.4) is 0 Å². The summed E-state index contributed by atoms with van der Waals surface area (Å²) < 4.78 is 157. The number of nitrogens with one attached hydrogen (secondary N) is 3. The zero-order chi connectivity index (χ0) is 74.6. The zero-order valence-electron chi connectivity index (χ0n) is 57.3. The van der Waals surface area contributed by atoms with E-state index in [1.165, 1.54) is 33.7 Å². The minimum atomic E-state index is -3.87. The van der Waals surface area contributed by atoms with Gasteiger partial charge in [0.1, 0.15) is 45.0 Å². The van der Waals surface area contributed by atoms with Crippen molar-refractivity contribution in [2.24, 2.45) is 17.8 Å². The Hall–Kier alpha value is -6.57. The Morgan fingerprint density at radius 3 is 1.05 bits per heavy atom. The monoisotopic (exact) mass is 1560 g/mol. The van der Waals surface area contributed by atoms with E-state index in [4.69, 9.17) is 104 Å². The van der Waals surface area contributed by atoms with Crippen molar-refractivity contribution >= 4 is 89.6 Å². The maximum absolute atomic E-state index is 14.8. The number of benzene rings is 3. The number of halogens is 3. The molecule has 3 aliphatic heterocycles. The predicted molar refractivity (Wildman–Crippen MR) is 380 cm³/mol. The molecule has 26 nitrogen and oxygen atoms in total. The number of carbonyl (C=O) groups is 3. The van der Waals surface area contributed by atoms with Crippen LogP contribution in [-0.2, 0) is 70.1 Å². The fraction of sp³-hybridized carbons (Fsp3) is 0.500. The molecule has 0 radical (unpaired) electrons. The minimum Gasteiger partial charge on any atom is -0.463 e. The molecule has 6 aromatic rings. The highest BCUT2D eigenvalue weighted by molar-refractivity contribution is 7.72. The first-order chi connectivity index (χ1) is 48.2. The number of para-hydroxylation sites is 3. The Morgan fingerprint density at radius 2 is 0.745 bits per heavy atom. The maximum Gasteiger partial charge on any atom is 0.380 e. The van der Waals surface area contributed by atoms with Crippen molar-refractivity contribution in [1.82, 2.24) is 28.7 Å². The third kappa shape index (κ3) is 25.6. The Morgan fingerprint density at radius 1 is 0.451 bits per heavy atom. The number of alkyl halides is 3. The van der Waals surface area contributed by atoms with Gasteiger partial charge in [0.05, 0.1) is 92.7 Å². The molecule has 0 amide bonds. The van der Waals surface area contributed by atoms with Gasteiger partial charge in [0.2, 0.25) is 0 Å². The molecule has 0 spiro atoms. The third-order valence-electron chi connectivity index (χ3n) is 14.9. The van der Waals surface area contributed by atoms with Gasteiger partial charge in [-0.3, -0.25) is 56.4 Å².